The second-order valence-electron chi connectivity index (χ2n) is 6.97. The van der Waals surface area contributed by atoms with Gasteiger partial charge in [0.15, 0.2) is 17.7 Å². The van der Waals surface area contributed by atoms with E-state index in [0.29, 0.717) is 23.4 Å². The fourth-order valence-electron chi connectivity index (χ4n) is 2.91. The van der Waals surface area contributed by atoms with Gasteiger partial charge in [0, 0.05) is 0 Å². The molecule has 0 saturated carbocycles. The van der Waals surface area contributed by atoms with Gasteiger partial charge >= 0.3 is 0 Å². The summed E-state index contributed by atoms with van der Waals surface area (Å²) in [4.78, 5) is 12.6. The Balaban J connectivity index is 1.89. The highest BCUT2D eigenvalue weighted by atomic mass is 31.2. The van der Waals surface area contributed by atoms with Crippen LogP contribution in [0.4, 0.5) is 5.82 Å². The van der Waals surface area contributed by atoms with Crippen molar-refractivity contribution >= 4 is 30.2 Å². The van der Waals surface area contributed by atoms with Crippen LogP contribution in [0.3, 0.4) is 0 Å². The summed E-state index contributed by atoms with van der Waals surface area (Å²) in [6.07, 6.45) is 4.00. The molecule has 0 unspecified atom stereocenters. The summed E-state index contributed by atoms with van der Waals surface area (Å²) in [5.41, 5.74) is 6.82. The Kier molecular flexibility index (Phi) is 4.42. The minimum Gasteiger partial charge on any atom is -0.388 e. The Morgan fingerprint density at radius 3 is 2.71 bits per heavy atom. The van der Waals surface area contributed by atoms with E-state index in [1.54, 1.807) is 11.5 Å². The third kappa shape index (κ3) is 3.19. The normalized spacial score (nSPS) is 27.9. The van der Waals surface area contributed by atoms with Crippen LogP contribution in [-0.4, -0.2) is 73.8 Å². The Hall–Kier alpha value is -1.47. The van der Waals surface area contributed by atoms with Crippen molar-refractivity contribution in [3.8, 4) is 0 Å². The Morgan fingerprint density at radius 1 is 1.33 bits per heavy atom. The minimum absolute atomic E-state index is 0.282. The van der Waals surface area contributed by atoms with Crippen molar-refractivity contribution in [2.24, 2.45) is 0 Å². The number of aliphatic hydroxyl groups excluding tert-OH is 2. The lowest BCUT2D eigenvalue weighted by atomic mass is 10.1. The predicted octanol–water partition coefficient (Wildman–Crippen LogP) is 0.435. The summed E-state index contributed by atoms with van der Waals surface area (Å²) in [6.45, 7) is 4.77. The molecule has 1 saturated heterocycles. The lowest BCUT2D eigenvalue weighted by Crippen LogP contribution is -2.31. The fourth-order valence-corrected chi connectivity index (χ4v) is 3.87. The molecule has 1 aliphatic heterocycles. The standard InChI is InChI=1S/C15H24N5O3P/c1-8-18-13(16)10-14(19-8)20(7-17-10)15-12(22)11(21)9(23-15)5-6-24(2,3)4/h7,9,11-12,15,21-22H,2,5-6H2,1,3-4H3,(H2,16,18,19)/t9-,11-,12-,15-/m1/s1. The van der Waals surface area contributed by atoms with Crippen molar-refractivity contribution in [3.05, 3.63) is 12.2 Å². The lowest BCUT2D eigenvalue weighted by molar-refractivity contribution is -0.0353. The SMILES string of the molecule is C=P(C)(C)CC[C@H]1O[C@@H](n2cnc3c(N)nc(C)nc32)[C@H](O)[C@@H]1O. The maximum absolute atomic E-state index is 10.4. The van der Waals surface area contributed by atoms with E-state index in [4.69, 9.17) is 10.5 Å². The molecular weight excluding hydrogens is 329 g/mol. The van der Waals surface area contributed by atoms with Crippen molar-refractivity contribution < 1.29 is 14.9 Å². The van der Waals surface area contributed by atoms with Gasteiger partial charge < -0.3 is 20.7 Å². The van der Waals surface area contributed by atoms with Crippen LogP contribution < -0.4 is 5.73 Å². The molecule has 0 radical (unpaired) electrons. The second-order valence-corrected chi connectivity index (χ2v) is 11.3. The third-order valence-electron chi connectivity index (χ3n) is 4.19. The second kappa shape index (κ2) is 6.11. The number of nitrogen functional groups attached to an aromatic ring is 1. The van der Waals surface area contributed by atoms with Gasteiger partial charge in [0.1, 0.15) is 23.5 Å². The summed E-state index contributed by atoms with van der Waals surface area (Å²) < 4.78 is 7.54. The number of aryl methyl sites for hydroxylation is 1. The van der Waals surface area contributed by atoms with Gasteiger partial charge in [-0.25, -0.2) is 15.0 Å². The lowest BCUT2D eigenvalue weighted by Gasteiger charge is -2.18. The van der Waals surface area contributed by atoms with Crippen LogP contribution in [0.25, 0.3) is 11.2 Å². The molecule has 8 nitrogen and oxygen atoms in total. The van der Waals surface area contributed by atoms with Crippen molar-refractivity contribution in [1.29, 1.82) is 0 Å². The van der Waals surface area contributed by atoms with Gasteiger partial charge in [0.05, 0.1) is 12.4 Å². The molecule has 2 aromatic heterocycles. The van der Waals surface area contributed by atoms with E-state index in [9.17, 15) is 10.2 Å². The van der Waals surface area contributed by atoms with Gasteiger partial charge in [0.25, 0.3) is 0 Å². The largest absolute Gasteiger partial charge is 0.388 e. The Bertz CT molecular complexity index is 802. The average Bonchev–Trinajstić information content (AvgIpc) is 3.00. The van der Waals surface area contributed by atoms with Gasteiger partial charge in [-0.3, -0.25) is 4.57 Å². The fraction of sp³-hybridized carbons (Fsp3) is 0.600. The molecule has 4 atom stereocenters. The minimum atomic E-state index is -1.23. The van der Waals surface area contributed by atoms with E-state index in [1.165, 1.54) is 6.33 Å². The number of aliphatic hydroxyl groups is 2. The summed E-state index contributed by atoms with van der Waals surface area (Å²) >= 11 is 0. The molecule has 3 rings (SSSR count). The number of hydrogen-bond donors (Lipinski definition) is 3. The van der Waals surface area contributed by atoms with Crippen LogP contribution in [0, 0.1) is 6.92 Å². The smallest absolute Gasteiger partial charge is 0.167 e. The first kappa shape index (κ1) is 17.4. The van der Waals surface area contributed by atoms with Gasteiger partial charge in [-0.2, -0.15) is 0 Å². The summed E-state index contributed by atoms with van der Waals surface area (Å²) in [5, 5.41) is 20.8. The number of fused-ring (bicyclic) bond motifs is 1. The highest BCUT2D eigenvalue weighted by molar-refractivity contribution is 7.72. The Labute approximate surface area is 140 Å². The number of rotatable bonds is 4. The topological polar surface area (TPSA) is 119 Å². The Morgan fingerprint density at radius 2 is 2.04 bits per heavy atom. The van der Waals surface area contributed by atoms with E-state index in [0.717, 1.165) is 6.16 Å². The first-order valence-corrected chi connectivity index (χ1v) is 10.9. The molecule has 0 bridgehead atoms. The molecule has 132 valence electrons. The molecule has 0 aromatic carbocycles. The monoisotopic (exact) mass is 353 g/mol. The van der Waals surface area contributed by atoms with Gasteiger partial charge in [-0.15, -0.1) is 13.2 Å². The quantitative estimate of drug-likeness (QED) is 0.682. The molecule has 24 heavy (non-hydrogen) atoms. The zero-order valence-electron chi connectivity index (χ0n) is 14.1. The number of anilines is 1. The van der Waals surface area contributed by atoms with Crippen LogP contribution in [0.15, 0.2) is 6.33 Å². The zero-order valence-corrected chi connectivity index (χ0v) is 15.0. The maximum Gasteiger partial charge on any atom is 0.167 e. The van der Waals surface area contributed by atoms with Gasteiger partial charge in [-0.05, 0) is 32.8 Å². The van der Waals surface area contributed by atoms with Crippen LogP contribution in [-0.2, 0) is 4.74 Å². The number of imidazole rings is 1. The summed E-state index contributed by atoms with van der Waals surface area (Å²) in [5.74, 6) is 0.791. The van der Waals surface area contributed by atoms with Crippen molar-refractivity contribution in [2.45, 2.75) is 37.9 Å². The number of hydrogen-bond acceptors (Lipinski definition) is 7. The van der Waals surface area contributed by atoms with Crippen LogP contribution in [0.2, 0.25) is 0 Å². The number of nitrogens with two attached hydrogens (primary N) is 1. The highest BCUT2D eigenvalue weighted by Crippen LogP contribution is 2.40. The van der Waals surface area contributed by atoms with E-state index in [1.807, 2.05) is 0 Å². The molecule has 3 heterocycles. The number of ether oxygens (including phenoxy) is 1. The molecule has 4 N–H and O–H groups in total. The number of aromatic nitrogens is 4. The van der Waals surface area contributed by atoms with Gasteiger partial charge in [0.2, 0.25) is 0 Å². The zero-order chi connectivity index (χ0) is 17.6. The van der Waals surface area contributed by atoms with E-state index < -0.39 is 31.4 Å². The highest BCUT2D eigenvalue weighted by Gasteiger charge is 2.44. The van der Waals surface area contributed by atoms with Crippen molar-refractivity contribution in [2.75, 3.05) is 25.2 Å². The molecular formula is C15H24N5O3P. The molecule has 1 fully saturated rings. The molecule has 1 aliphatic rings. The van der Waals surface area contributed by atoms with Crippen LogP contribution in [0.1, 0.15) is 18.5 Å². The first-order chi connectivity index (χ1) is 11.2. The van der Waals surface area contributed by atoms with E-state index in [2.05, 4.69) is 34.6 Å². The van der Waals surface area contributed by atoms with E-state index >= 15 is 0 Å². The molecule has 0 spiro atoms. The van der Waals surface area contributed by atoms with Crippen LogP contribution >= 0.6 is 6.89 Å². The van der Waals surface area contributed by atoms with Crippen molar-refractivity contribution in [1.82, 2.24) is 19.5 Å². The summed E-state index contributed by atoms with van der Waals surface area (Å²) in [7, 11) is 0. The number of nitrogens with zero attached hydrogens (tertiary/aromatic N) is 4. The molecule has 9 heteroatoms. The maximum atomic E-state index is 10.4. The molecule has 2 aromatic rings. The van der Waals surface area contributed by atoms with Gasteiger partial charge in [-0.1, -0.05) is 0 Å². The van der Waals surface area contributed by atoms with Crippen molar-refractivity contribution in [3.63, 3.8) is 0 Å². The first-order valence-electron chi connectivity index (χ1n) is 7.83. The molecule has 0 amide bonds. The van der Waals surface area contributed by atoms with E-state index in [-0.39, 0.29) is 5.82 Å². The predicted molar refractivity (Wildman–Crippen MR) is 95.8 cm³/mol. The molecule has 0 aliphatic carbocycles. The third-order valence-corrected chi connectivity index (χ3v) is 5.66. The van der Waals surface area contributed by atoms with Crippen LogP contribution in [0.5, 0.6) is 0 Å². The summed E-state index contributed by atoms with van der Waals surface area (Å²) in [6, 6.07) is 0. The average molecular weight is 353 g/mol.